The molecule has 0 atom stereocenters. The largest absolute Gasteiger partial charge is 0.508 e. The van der Waals surface area contributed by atoms with Crippen LogP contribution < -0.4 is 0 Å². The van der Waals surface area contributed by atoms with Crippen molar-refractivity contribution in [1.29, 1.82) is 0 Å². The van der Waals surface area contributed by atoms with Gasteiger partial charge in [-0.05, 0) is 32.1 Å². The van der Waals surface area contributed by atoms with Crippen LogP contribution in [0.4, 0.5) is 4.79 Å². The molecule has 0 unspecified atom stereocenters. The van der Waals surface area contributed by atoms with Gasteiger partial charge < -0.3 is 9.47 Å². The average Bonchev–Trinajstić information content (AvgIpc) is 2.37. The zero-order valence-electron chi connectivity index (χ0n) is 12.5. The lowest BCUT2D eigenvalue weighted by molar-refractivity contribution is 0.0142. The first-order valence-corrected chi connectivity index (χ1v) is 8.16. The van der Waals surface area contributed by atoms with Crippen LogP contribution in [-0.2, 0) is 9.47 Å². The summed E-state index contributed by atoms with van der Waals surface area (Å²) in [5, 5.41) is 0. The summed E-state index contributed by atoms with van der Waals surface area (Å²) >= 11 is 0. The molecule has 0 aliphatic heterocycles. The molecule has 1 aliphatic carbocycles. The van der Waals surface area contributed by atoms with E-state index in [4.69, 9.17) is 9.47 Å². The van der Waals surface area contributed by atoms with Gasteiger partial charge >= 0.3 is 6.16 Å². The minimum atomic E-state index is -0.457. The van der Waals surface area contributed by atoms with Crippen LogP contribution in [0.3, 0.4) is 0 Å². The molecular weight excluding hydrogens is 240 g/mol. The number of carbonyl (C=O) groups excluding carboxylic acids is 1. The molecule has 0 saturated heterocycles. The highest BCUT2D eigenvalue weighted by Gasteiger charge is 2.16. The maximum absolute atomic E-state index is 11.6. The summed E-state index contributed by atoms with van der Waals surface area (Å²) in [6.45, 7) is 2.71. The van der Waals surface area contributed by atoms with E-state index in [1.165, 1.54) is 51.4 Å². The van der Waals surface area contributed by atoms with Gasteiger partial charge in [0, 0.05) is 0 Å². The van der Waals surface area contributed by atoms with Gasteiger partial charge in [0.2, 0.25) is 0 Å². The van der Waals surface area contributed by atoms with E-state index in [0.717, 1.165) is 25.7 Å². The molecule has 19 heavy (non-hydrogen) atoms. The summed E-state index contributed by atoms with van der Waals surface area (Å²) in [7, 11) is 0. The van der Waals surface area contributed by atoms with E-state index in [1.54, 1.807) is 0 Å². The minimum absolute atomic E-state index is 0.0906. The fourth-order valence-electron chi connectivity index (χ4n) is 2.57. The summed E-state index contributed by atoms with van der Waals surface area (Å²) < 4.78 is 10.5. The Kier molecular flexibility index (Phi) is 9.56. The Bertz CT molecular complexity index is 220. The molecule has 1 fully saturated rings. The second-order valence-corrected chi connectivity index (χ2v) is 5.60. The molecule has 0 amide bonds. The standard InChI is InChI=1S/C16H30O3/c1-2-3-4-8-11-14-18-16(17)19-15-12-9-6-5-7-10-13-15/h15H,2-14H2,1H3. The molecule has 3 heteroatoms. The van der Waals surface area contributed by atoms with Crippen molar-refractivity contribution in [3.63, 3.8) is 0 Å². The van der Waals surface area contributed by atoms with Gasteiger partial charge in [-0.15, -0.1) is 0 Å². The molecule has 112 valence electrons. The number of hydrogen-bond donors (Lipinski definition) is 0. The Morgan fingerprint density at radius 3 is 2.26 bits per heavy atom. The summed E-state index contributed by atoms with van der Waals surface area (Å²) in [5.41, 5.74) is 0. The van der Waals surface area contributed by atoms with E-state index in [0.29, 0.717) is 6.61 Å². The Hall–Kier alpha value is -0.730. The van der Waals surface area contributed by atoms with E-state index in [-0.39, 0.29) is 6.10 Å². The zero-order chi connectivity index (χ0) is 13.8. The number of ether oxygens (including phenoxy) is 2. The topological polar surface area (TPSA) is 35.5 Å². The maximum atomic E-state index is 11.6. The molecule has 0 aromatic rings. The molecule has 1 saturated carbocycles. The van der Waals surface area contributed by atoms with Crippen molar-refractivity contribution in [2.45, 2.75) is 90.1 Å². The summed E-state index contributed by atoms with van der Waals surface area (Å²) in [6.07, 6.45) is 13.7. The van der Waals surface area contributed by atoms with Crippen molar-refractivity contribution in [2.24, 2.45) is 0 Å². The van der Waals surface area contributed by atoms with Gasteiger partial charge in [0.1, 0.15) is 6.10 Å². The zero-order valence-corrected chi connectivity index (χ0v) is 12.5. The lowest BCUT2D eigenvalue weighted by atomic mass is 9.99. The van der Waals surface area contributed by atoms with Crippen LogP contribution in [0.5, 0.6) is 0 Å². The van der Waals surface area contributed by atoms with Gasteiger partial charge in [-0.1, -0.05) is 51.9 Å². The highest BCUT2D eigenvalue weighted by Crippen LogP contribution is 2.19. The molecule has 0 bridgehead atoms. The highest BCUT2D eigenvalue weighted by molar-refractivity contribution is 5.60. The lowest BCUT2D eigenvalue weighted by Gasteiger charge is -2.19. The third-order valence-corrected chi connectivity index (χ3v) is 3.78. The van der Waals surface area contributed by atoms with Crippen LogP contribution in [0.1, 0.15) is 84.0 Å². The number of carbonyl (C=O) groups is 1. The van der Waals surface area contributed by atoms with Crippen LogP contribution >= 0.6 is 0 Å². The second-order valence-electron chi connectivity index (χ2n) is 5.60. The van der Waals surface area contributed by atoms with Crippen LogP contribution in [0.25, 0.3) is 0 Å². The van der Waals surface area contributed by atoms with Gasteiger partial charge in [-0.3, -0.25) is 0 Å². The normalized spacial score (nSPS) is 17.5. The lowest BCUT2D eigenvalue weighted by Crippen LogP contribution is -2.20. The van der Waals surface area contributed by atoms with Crippen molar-refractivity contribution in [3.8, 4) is 0 Å². The molecule has 0 radical (unpaired) electrons. The Morgan fingerprint density at radius 2 is 1.58 bits per heavy atom. The molecule has 1 aliphatic rings. The van der Waals surface area contributed by atoms with Gasteiger partial charge in [-0.25, -0.2) is 4.79 Å². The number of unbranched alkanes of at least 4 members (excludes halogenated alkanes) is 4. The monoisotopic (exact) mass is 270 g/mol. The van der Waals surface area contributed by atoms with Crippen molar-refractivity contribution in [2.75, 3.05) is 6.61 Å². The summed E-state index contributed by atoms with van der Waals surface area (Å²) in [4.78, 5) is 11.6. The minimum Gasteiger partial charge on any atom is -0.434 e. The van der Waals surface area contributed by atoms with E-state index in [9.17, 15) is 4.79 Å². The Balaban J connectivity index is 2.02. The first-order chi connectivity index (χ1) is 9.33. The van der Waals surface area contributed by atoms with Crippen LogP contribution in [0, 0.1) is 0 Å². The molecule has 3 nitrogen and oxygen atoms in total. The van der Waals surface area contributed by atoms with Crippen LogP contribution in [0.15, 0.2) is 0 Å². The van der Waals surface area contributed by atoms with Crippen LogP contribution in [0.2, 0.25) is 0 Å². The average molecular weight is 270 g/mol. The Labute approximate surface area is 118 Å². The maximum Gasteiger partial charge on any atom is 0.508 e. The molecule has 1 rings (SSSR count). The van der Waals surface area contributed by atoms with Crippen molar-refractivity contribution in [1.82, 2.24) is 0 Å². The summed E-state index contributed by atoms with van der Waals surface area (Å²) in [5.74, 6) is 0. The molecule has 0 heterocycles. The molecule has 0 aromatic carbocycles. The SMILES string of the molecule is CCCCCCCOC(=O)OC1CCCCCCC1. The second kappa shape index (κ2) is 11.1. The van der Waals surface area contributed by atoms with Gasteiger partial charge in [0.05, 0.1) is 6.61 Å². The molecule has 0 aromatic heterocycles. The number of hydrogen-bond acceptors (Lipinski definition) is 3. The van der Waals surface area contributed by atoms with E-state index < -0.39 is 6.16 Å². The van der Waals surface area contributed by atoms with Gasteiger partial charge in [0.15, 0.2) is 0 Å². The predicted octanol–water partition coefficient (Wildman–Crippen LogP) is 5.22. The number of rotatable bonds is 7. The van der Waals surface area contributed by atoms with E-state index in [2.05, 4.69) is 6.92 Å². The first-order valence-electron chi connectivity index (χ1n) is 8.16. The first kappa shape index (κ1) is 16.3. The van der Waals surface area contributed by atoms with Gasteiger partial charge in [-0.2, -0.15) is 0 Å². The molecular formula is C16H30O3. The Morgan fingerprint density at radius 1 is 0.947 bits per heavy atom. The van der Waals surface area contributed by atoms with E-state index >= 15 is 0 Å². The van der Waals surface area contributed by atoms with Crippen molar-refractivity contribution in [3.05, 3.63) is 0 Å². The quantitative estimate of drug-likeness (QED) is 0.470. The van der Waals surface area contributed by atoms with Crippen molar-refractivity contribution >= 4 is 6.16 Å². The van der Waals surface area contributed by atoms with Gasteiger partial charge in [0.25, 0.3) is 0 Å². The van der Waals surface area contributed by atoms with E-state index in [1.807, 2.05) is 0 Å². The fourth-order valence-corrected chi connectivity index (χ4v) is 2.57. The van der Waals surface area contributed by atoms with Crippen LogP contribution in [-0.4, -0.2) is 18.9 Å². The highest BCUT2D eigenvalue weighted by atomic mass is 16.7. The van der Waals surface area contributed by atoms with Crippen molar-refractivity contribution < 1.29 is 14.3 Å². The third-order valence-electron chi connectivity index (χ3n) is 3.78. The fraction of sp³-hybridized carbons (Fsp3) is 0.938. The summed E-state index contributed by atoms with van der Waals surface area (Å²) in [6, 6.07) is 0. The third kappa shape index (κ3) is 8.90. The molecule has 0 spiro atoms. The smallest absolute Gasteiger partial charge is 0.434 e. The molecule has 0 N–H and O–H groups in total. The predicted molar refractivity (Wildman–Crippen MR) is 77.3 cm³/mol.